The van der Waals surface area contributed by atoms with Crippen LogP contribution in [0.5, 0.6) is 0 Å². The number of rotatable bonds is 3. The van der Waals surface area contributed by atoms with Crippen molar-refractivity contribution in [3.8, 4) is 0 Å². The van der Waals surface area contributed by atoms with Crippen molar-refractivity contribution in [1.29, 1.82) is 0 Å². The van der Waals surface area contributed by atoms with E-state index in [1.54, 1.807) is 0 Å². The molecule has 8 nitrogen and oxygen atoms in total. The third-order valence-electron chi connectivity index (χ3n) is 5.61. The number of carboxylic acids is 1. The molecule has 1 aromatic carbocycles. The van der Waals surface area contributed by atoms with Gasteiger partial charge in [-0.2, -0.15) is 13.2 Å². The van der Waals surface area contributed by atoms with Crippen molar-refractivity contribution in [3.63, 3.8) is 0 Å². The standard InChI is InChI=1S/C20H27N5O.C2HF3O2/c1-16-5-7-17(8-6-16)22-20(26)24-11-4-12-25-15-21-18(19(25)14-24)13-23-9-2-3-10-23;3-2(4,5)1(6)7/h5-8,15H,2-4,9-14H2,1H3,(H,22,26);(H,6,7). The van der Waals surface area contributed by atoms with E-state index in [4.69, 9.17) is 9.90 Å². The molecule has 0 unspecified atom stereocenters. The van der Waals surface area contributed by atoms with Crippen LogP contribution < -0.4 is 5.32 Å². The second kappa shape index (κ2) is 10.7. The molecule has 3 heterocycles. The zero-order valence-corrected chi connectivity index (χ0v) is 18.4. The second-order valence-corrected chi connectivity index (χ2v) is 8.19. The van der Waals surface area contributed by atoms with Crippen LogP contribution in [0.15, 0.2) is 30.6 Å². The summed E-state index contributed by atoms with van der Waals surface area (Å²) in [6.07, 6.45) is 0.373. The monoisotopic (exact) mass is 467 g/mol. The number of amides is 2. The molecular formula is C22H28F3N5O3. The fraction of sp³-hybridized carbons (Fsp3) is 0.500. The van der Waals surface area contributed by atoms with Crippen LogP contribution in [0.25, 0.3) is 0 Å². The average molecular weight is 467 g/mol. The average Bonchev–Trinajstić information content (AvgIpc) is 3.34. The molecule has 0 atom stereocenters. The van der Waals surface area contributed by atoms with E-state index >= 15 is 0 Å². The molecule has 0 saturated carbocycles. The number of hydrogen-bond acceptors (Lipinski definition) is 4. The lowest BCUT2D eigenvalue weighted by atomic mass is 10.2. The first-order chi connectivity index (χ1) is 15.6. The number of carbonyl (C=O) groups is 2. The quantitative estimate of drug-likeness (QED) is 0.716. The van der Waals surface area contributed by atoms with Crippen molar-refractivity contribution < 1.29 is 27.9 Å². The van der Waals surface area contributed by atoms with Gasteiger partial charge < -0.3 is 19.9 Å². The molecule has 2 aromatic rings. The number of urea groups is 1. The number of hydrogen-bond donors (Lipinski definition) is 2. The molecule has 0 spiro atoms. The van der Waals surface area contributed by atoms with Crippen LogP contribution >= 0.6 is 0 Å². The number of halogens is 3. The zero-order valence-electron chi connectivity index (χ0n) is 18.4. The Kier molecular flexibility index (Phi) is 7.96. The number of fused-ring (bicyclic) bond motifs is 1. The minimum atomic E-state index is -5.08. The van der Waals surface area contributed by atoms with Gasteiger partial charge in [-0.15, -0.1) is 0 Å². The normalized spacial score (nSPS) is 16.4. The highest BCUT2D eigenvalue weighted by atomic mass is 19.4. The van der Waals surface area contributed by atoms with Crippen LogP contribution in [0.2, 0.25) is 0 Å². The molecular weight excluding hydrogens is 439 g/mol. The van der Waals surface area contributed by atoms with E-state index in [0.29, 0.717) is 6.54 Å². The Morgan fingerprint density at radius 2 is 1.70 bits per heavy atom. The molecule has 1 saturated heterocycles. The maximum atomic E-state index is 12.8. The van der Waals surface area contributed by atoms with Crippen LogP contribution in [0.1, 0.15) is 36.2 Å². The first kappa shape index (κ1) is 24.6. The third kappa shape index (κ3) is 6.95. The first-order valence-electron chi connectivity index (χ1n) is 10.8. The molecule has 180 valence electrons. The minimum absolute atomic E-state index is 0.0318. The van der Waals surface area contributed by atoms with Gasteiger partial charge in [0.2, 0.25) is 0 Å². The van der Waals surface area contributed by atoms with Crippen molar-refractivity contribution in [2.75, 3.05) is 25.0 Å². The van der Waals surface area contributed by atoms with E-state index in [1.165, 1.54) is 24.1 Å². The van der Waals surface area contributed by atoms with E-state index in [2.05, 4.69) is 19.8 Å². The first-order valence-corrected chi connectivity index (χ1v) is 10.8. The van der Waals surface area contributed by atoms with Gasteiger partial charge in [-0.3, -0.25) is 4.90 Å². The molecule has 4 rings (SSSR count). The Morgan fingerprint density at radius 3 is 2.30 bits per heavy atom. The molecule has 1 fully saturated rings. The number of benzene rings is 1. The van der Waals surface area contributed by atoms with Gasteiger partial charge in [-0.1, -0.05) is 17.7 Å². The maximum absolute atomic E-state index is 12.8. The summed E-state index contributed by atoms with van der Waals surface area (Å²) in [6.45, 7) is 7.58. The van der Waals surface area contributed by atoms with Crippen LogP contribution in [-0.2, 0) is 24.4 Å². The van der Waals surface area contributed by atoms with E-state index < -0.39 is 12.1 Å². The molecule has 2 N–H and O–H groups in total. The molecule has 1 aromatic heterocycles. The number of carbonyl (C=O) groups excluding carboxylic acids is 1. The Bertz CT molecular complexity index is 953. The largest absolute Gasteiger partial charge is 0.490 e. The number of nitrogens with zero attached hydrogens (tertiary/aromatic N) is 4. The van der Waals surface area contributed by atoms with Crippen molar-refractivity contribution in [3.05, 3.63) is 47.5 Å². The molecule has 33 heavy (non-hydrogen) atoms. The van der Waals surface area contributed by atoms with Gasteiger partial charge >= 0.3 is 18.2 Å². The van der Waals surface area contributed by atoms with Gasteiger partial charge in [0, 0.05) is 25.3 Å². The number of aryl methyl sites for hydroxylation is 2. The minimum Gasteiger partial charge on any atom is -0.475 e. The van der Waals surface area contributed by atoms with Crippen molar-refractivity contribution >= 4 is 17.7 Å². The number of nitrogens with one attached hydrogen (secondary N) is 1. The van der Waals surface area contributed by atoms with E-state index in [-0.39, 0.29) is 6.03 Å². The topological polar surface area (TPSA) is 90.7 Å². The molecule has 11 heteroatoms. The summed E-state index contributed by atoms with van der Waals surface area (Å²) in [5.74, 6) is -2.76. The number of alkyl halides is 3. The smallest absolute Gasteiger partial charge is 0.475 e. The van der Waals surface area contributed by atoms with E-state index in [1.807, 2.05) is 42.4 Å². The number of anilines is 1. The highest BCUT2D eigenvalue weighted by Crippen LogP contribution is 2.20. The number of aliphatic carboxylic acids is 1. The van der Waals surface area contributed by atoms with Crippen LogP contribution in [-0.4, -0.2) is 62.3 Å². The highest BCUT2D eigenvalue weighted by Gasteiger charge is 2.38. The third-order valence-corrected chi connectivity index (χ3v) is 5.61. The van der Waals surface area contributed by atoms with Gasteiger partial charge in [0.05, 0.1) is 24.3 Å². The molecule has 2 aliphatic heterocycles. The Labute approximate surface area is 190 Å². The number of imidazole rings is 1. The fourth-order valence-electron chi connectivity index (χ4n) is 3.81. The predicted octanol–water partition coefficient (Wildman–Crippen LogP) is 3.86. The number of carboxylic acid groups (broad SMARTS) is 1. The summed E-state index contributed by atoms with van der Waals surface area (Å²) < 4.78 is 34.0. The molecule has 2 aliphatic rings. The van der Waals surface area contributed by atoms with Crippen LogP contribution in [0.4, 0.5) is 23.7 Å². The Morgan fingerprint density at radius 1 is 1.06 bits per heavy atom. The van der Waals surface area contributed by atoms with Gasteiger partial charge in [-0.25, -0.2) is 14.6 Å². The lowest BCUT2D eigenvalue weighted by Crippen LogP contribution is -2.35. The van der Waals surface area contributed by atoms with Crippen LogP contribution in [0, 0.1) is 6.92 Å². The summed E-state index contributed by atoms with van der Waals surface area (Å²) in [6, 6.07) is 7.90. The predicted molar refractivity (Wildman–Crippen MR) is 116 cm³/mol. The zero-order chi connectivity index (χ0) is 24.0. The number of aromatic nitrogens is 2. The van der Waals surface area contributed by atoms with Crippen molar-refractivity contribution in [2.24, 2.45) is 0 Å². The maximum Gasteiger partial charge on any atom is 0.490 e. The van der Waals surface area contributed by atoms with Crippen molar-refractivity contribution in [2.45, 2.75) is 52.0 Å². The lowest BCUT2D eigenvalue weighted by molar-refractivity contribution is -0.192. The summed E-state index contributed by atoms with van der Waals surface area (Å²) in [5.41, 5.74) is 4.35. The molecule has 2 amide bonds. The number of likely N-dealkylation sites (tertiary alicyclic amines) is 1. The highest BCUT2D eigenvalue weighted by molar-refractivity contribution is 5.89. The summed E-state index contributed by atoms with van der Waals surface area (Å²) in [5, 5.41) is 10.2. The van der Waals surface area contributed by atoms with E-state index in [9.17, 15) is 18.0 Å². The van der Waals surface area contributed by atoms with Gasteiger partial charge in [0.1, 0.15) is 0 Å². The SMILES string of the molecule is Cc1ccc(NC(=O)N2CCCn3cnc(CN4CCCC4)c3C2)cc1.O=C(O)C(F)(F)F. The Balaban J connectivity index is 0.000000383. The second-order valence-electron chi connectivity index (χ2n) is 8.19. The lowest BCUT2D eigenvalue weighted by Gasteiger charge is -2.22. The van der Waals surface area contributed by atoms with E-state index in [0.717, 1.165) is 50.5 Å². The van der Waals surface area contributed by atoms with Gasteiger partial charge in [-0.05, 0) is 51.4 Å². The molecule has 0 aliphatic carbocycles. The van der Waals surface area contributed by atoms with Crippen molar-refractivity contribution in [1.82, 2.24) is 19.4 Å². The summed E-state index contributed by atoms with van der Waals surface area (Å²) >= 11 is 0. The Hall–Kier alpha value is -3.08. The summed E-state index contributed by atoms with van der Waals surface area (Å²) in [7, 11) is 0. The van der Waals surface area contributed by atoms with Gasteiger partial charge in [0.15, 0.2) is 0 Å². The fourth-order valence-corrected chi connectivity index (χ4v) is 3.81. The van der Waals surface area contributed by atoms with Crippen LogP contribution in [0.3, 0.4) is 0 Å². The molecule has 0 radical (unpaired) electrons. The van der Waals surface area contributed by atoms with Gasteiger partial charge in [0.25, 0.3) is 0 Å². The molecule has 0 bridgehead atoms. The summed E-state index contributed by atoms with van der Waals surface area (Å²) in [4.78, 5) is 30.7.